The van der Waals surface area contributed by atoms with E-state index in [2.05, 4.69) is 4.98 Å². The fourth-order valence-electron chi connectivity index (χ4n) is 3.53. The highest BCUT2D eigenvalue weighted by atomic mass is 32.2. The molecule has 4 rings (SSSR count). The topological polar surface area (TPSA) is 79.5 Å². The predicted molar refractivity (Wildman–Crippen MR) is 125 cm³/mol. The Balaban J connectivity index is 1.76. The van der Waals surface area contributed by atoms with E-state index in [-0.39, 0.29) is 23.5 Å². The second-order valence-corrected chi connectivity index (χ2v) is 9.59. The number of nitrogens with one attached hydrogen (secondary N) is 1. The van der Waals surface area contributed by atoms with Gasteiger partial charge in [0.05, 0.1) is 17.5 Å². The zero-order chi connectivity index (χ0) is 22.7. The van der Waals surface area contributed by atoms with Gasteiger partial charge in [0, 0.05) is 24.7 Å². The van der Waals surface area contributed by atoms with Crippen LogP contribution in [0.15, 0.2) is 88.6 Å². The van der Waals surface area contributed by atoms with Crippen LogP contribution in [0.5, 0.6) is 5.75 Å². The highest BCUT2D eigenvalue weighted by Crippen LogP contribution is 2.23. The molecular formula is C25H24N2O4S. The van der Waals surface area contributed by atoms with Crippen LogP contribution >= 0.6 is 0 Å². The molecule has 0 amide bonds. The summed E-state index contributed by atoms with van der Waals surface area (Å²) in [6.45, 7) is 2.00. The summed E-state index contributed by atoms with van der Waals surface area (Å²) in [5, 5.41) is 0.799. The number of pyridine rings is 1. The van der Waals surface area contributed by atoms with E-state index in [0.717, 1.165) is 16.5 Å². The van der Waals surface area contributed by atoms with Gasteiger partial charge in [-0.2, -0.15) is 4.31 Å². The van der Waals surface area contributed by atoms with E-state index in [9.17, 15) is 13.2 Å². The van der Waals surface area contributed by atoms with E-state index in [0.29, 0.717) is 16.8 Å². The highest BCUT2D eigenvalue weighted by Gasteiger charge is 2.26. The first-order chi connectivity index (χ1) is 15.4. The van der Waals surface area contributed by atoms with Gasteiger partial charge in [0.2, 0.25) is 10.0 Å². The zero-order valence-corrected chi connectivity index (χ0v) is 18.7. The van der Waals surface area contributed by atoms with Crippen molar-refractivity contribution in [2.24, 2.45) is 0 Å². The van der Waals surface area contributed by atoms with Crippen molar-refractivity contribution >= 4 is 20.9 Å². The molecule has 0 fully saturated rings. The van der Waals surface area contributed by atoms with Crippen LogP contribution in [-0.2, 0) is 23.1 Å². The van der Waals surface area contributed by atoms with Gasteiger partial charge in [0.15, 0.2) is 0 Å². The monoisotopic (exact) mass is 448 g/mol. The lowest BCUT2D eigenvalue weighted by Gasteiger charge is -2.22. The number of aryl methyl sites for hydroxylation is 1. The Labute approximate surface area is 187 Å². The second kappa shape index (κ2) is 8.98. The largest absolute Gasteiger partial charge is 0.497 e. The van der Waals surface area contributed by atoms with Gasteiger partial charge in [-0.1, -0.05) is 48.0 Å². The van der Waals surface area contributed by atoms with Crippen LogP contribution < -0.4 is 10.3 Å². The molecule has 0 radical (unpaired) electrons. The molecule has 0 atom stereocenters. The smallest absolute Gasteiger partial charge is 0.252 e. The summed E-state index contributed by atoms with van der Waals surface area (Å²) in [5.41, 5.74) is 2.48. The average Bonchev–Trinajstić information content (AvgIpc) is 2.79. The minimum atomic E-state index is -3.83. The molecule has 0 aliphatic heterocycles. The Morgan fingerprint density at radius 3 is 2.31 bits per heavy atom. The Hall–Kier alpha value is -3.42. The summed E-state index contributed by atoms with van der Waals surface area (Å²) < 4.78 is 33.6. The van der Waals surface area contributed by atoms with E-state index in [1.54, 1.807) is 49.6 Å². The third kappa shape index (κ3) is 4.59. The number of rotatable bonds is 7. The van der Waals surface area contributed by atoms with Gasteiger partial charge < -0.3 is 9.72 Å². The predicted octanol–water partition coefficient (Wildman–Crippen LogP) is 4.24. The SMILES string of the molecule is COc1ccc2cc(CN(Cc3ccccc3)S(=O)(=O)c3ccc(C)cc3)c(=O)[nH]c2c1. The molecule has 4 aromatic rings. The minimum Gasteiger partial charge on any atom is -0.497 e. The van der Waals surface area contributed by atoms with Crippen LogP contribution in [0.2, 0.25) is 0 Å². The van der Waals surface area contributed by atoms with Crippen LogP contribution in [0.4, 0.5) is 0 Å². The van der Waals surface area contributed by atoms with Gasteiger partial charge in [-0.3, -0.25) is 4.79 Å². The quantitative estimate of drug-likeness (QED) is 0.459. The maximum absolute atomic E-state index is 13.5. The fraction of sp³-hybridized carbons (Fsp3) is 0.160. The molecule has 0 spiro atoms. The van der Waals surface area contributed by atoms with Crippen molar-refractivity contribution in [2.45, 2.75) is 24.9 Å². The van der Waals surface area contributed by atoms with Crippen molar-refractivity contribution < 1.29 is 13.2 Å². The van der Waals surface area contributed by atoms with Crippen molar-refractivity contribution in [3.05, 3.63) is 106 Å². The maximum Gasteiger partial charge on any atom is 0.252 e. The van der Waals surface area contributed by atoms with E-state index >= 15 is 0 Å². The number of benzene rings is 3. The molecule has 7 heteroatoms. The van der Waals surface area contributed by atoms with Gasteiger partial charge in [0.1, 0.15) is 5.75 Å². The number of H-pyrrole nitrogens is 1. The van der Waals surface area contributed by atoms with Gasteiger partial charge in [-0.25, -0.2) is 8.42 Å². The van der Waals surface area contributed by atoms with Crippen LogP contribution in [0.1, 0.15) is 16.7 Å². The third-order valence-electron chi connectivity index (χ3n) is 5.34. The van der Waals surface area contributed by atoms with Crippen LogP contribution in [-0.4, -0.2) is 24.8 Å². The molecule has 0 aliphatic carbocycles. The van der Waals surface area contributed by atoms with Crippen molar-refractivity contribution in [2.75, 3.05) is 7.11 Å². The van der Waals surface area contributed by atoms with Crippen LogP contribution in [0.3, 0.4) is 0 Å². The standard InChI is InChI=1S/C25H24N2O4S/c1-18-8-12-23(13-9-18)32(29,30)27(16-19-6-4-3-5-7-19)17-21-14-20-10-11-22(31-2)15-24(20)26-25(21)28/h3-15H,16-17H2,1-2H3,(H,26,28). The molecule has 0 saturated heterocycles. The van der Waals surface area contributed by atoms with E-state index in [1.165, 1.54) is 4.31 Å². The lowest BCUT2D eigenvalue weighted by Crippen LogP contribution is -2.32. The number of fused-ring (bicyclic) bond motifs is 1. The number of aromatic amines is 1. The van der Waals surface area contributed by atoms with E-state index < -0.39 is 10.0 Å². The van der Waals surface area contributed by atoms with Crippen molar-refractivity contribution in [3.63, 3.8) is 0 Å². The Morgan fingerprint density at radius 2 is 1.62 bits per heavy atom. The molecule has 32 heavy (non-hydrogen) atoms. The first-order valence-corrected chi connectivity index (χ1v) is 11.6. The summed E-state index contributed by atoms with van der Waals surface area (Å²) in [6.07, 6.45) is 0. The lowest BCUT2D eigenvalue weighted by atomic mass is 10.1. The zero-order valence-electron chi connectivity index (χ0n) is 17.9. The molecule has 6 nitrogen and oxygen atoms in total. The summed E-state index contributed by atoms with van der Waals surface area (Å²) in [5.74, 6) is 0.633. The first kappa shape index (κ1) is 21.8. The number of nitrogens with zero attached hydrogens (tertiary/aromatic N) is 1. The molecule has 3 aromatic carbocycles. The highest BCUT2D eigenvalue weighted by molar-refractivity contribution is 7.89. The molecule has 1 aromatic heterocycles. The van der Waals surface area contributed by atoms with Gasteiger partial charge >= 0.3 is 0 Å². The van der Waals surface area contributed by atoms with Gasteiger partial charge in [0.25, 0.3) is 5.56 Å². The number of sulfonamides is 1. The molecule has 0 bridgehead atoms. The molecule has 1 N–H and O–H groups in total. The number of hydrogen-bond acceptors (Lipinski definition) is 4. The second-order valence-electron chi connectivity index (χ2n) is 7.65. The molecule has 0 aliphatic rings. The Bertz CT molecular complexity index is 1400. The summed E-state index contributed by atoms with van der Waals surface area (Å²) in [6, 6.07) is 23.2. The molecule has 1 heterocycles. The molecule has 0 saturated carbocycles. The summed E-state index contributed by atoms with van der Waals surface area (Å²) in [4.78, 5) is 15.9. The summed E-state index contributed by atoms with van der Waals surface area (Å²) in [7, 11) is -2.27. The summed E-state index contributed by atoms with van der Waals surface area (Å²) >= 11 is 0. The number of aromatic nitrogens is 1. The Kier molecular flexibility index (Phi) is 6.12. The number of methoxy groups -OCH3 is 1. The number of hydrogen-bond donors (Lipinski definition) is 1. The average molecular weight is 449 g/mol. The molecule has 0 unspecified atom stereocenters. The fourth-order valence-corrected chi connectivity index (χ4v) is 4.94. The van der Waals surface area contributed by atoms with E-state index in [4.69, 9.17) is 4.74 Å². The third-order valence-corrected chi connectivity index (χ3v) is 7.14. The minimum absolute atomic E-state index is 0.0532. The van der Waals surface area contributed by atoms with Crippen molar-refractivity contribution in [3.8, 4) is 5.75 Å². The van der Waals surface area contributed by atoms with Crippen molar-refractivity contribution in [1.82, 2.24) is 9.29 Å². The van der Waals surface area contributed by atoms with Gasteiger partial charge in [-0.05, 0) is 48.2 Å². The van der Waals surface area contributed by atoms with Crippen LogP contribution in [0, 0.1) is 6.92 Å². The van der Waals surface area contributed by atoms with Crippen LogP contribution in [0.25, 0.3) is 10.9 Å². The van der Waals surface area contributed by atoms with E-state index in [1.807, 2.05) is 43.3 Å². The maximum atomic E-state index is 13.5. The lowest BCUT2D eigenvalue weighted by molar-refractivity contribution is 0.400. The molecular weight excluding hydrogens is 424 g/mol. The van der Waals surface area contributed by atoms with Crippen molar-refractivity contribution in [1.29, 1.82) is 0 Å². The first-order valence-electron chi connectivity index (χ1n) is 10.2. The number of ether oxygens (including phenoxy) is 1. The Morgan fingerprint density at radius 1 is 0.906 bits per heavy atom. The normalized spacial score (nSPS) is 11.7. The molecule has 164 valence electrons. The van der Waals surface area contributed by atoms with Gasteiger partial charge in [-0.15, -0.1) is 0 Å².